The highest BCUT2D eigenvalue weighted by Crippen LogP contribution is 2.32. The van der Waals surface area contributed by atoms with Crippen molar-refractivity contribution in [2.75, 3.05) is 18.0 Å². The van der Waals surface area contributed by atoms with Gasteiger partial charge in [-0.15, -0.1) is 0 Å². The fourth-order valence-corrected chi connectivity index (χ4v) is 2.64. The second-order valence-corrected chi connectivity index (χ2v) is 5.79. The third-order valence-corrected chi connectivity index (χ3v) is 4.29. The van der Waals surface area contributed by atoms with Crippen molar-refractivity contribution in [2.45, 2.75) is 32.1 Å². The Morgan fingerprint density at radius 1 is 1.45 bits per heavy atom. The summed E-state index contributed by atoms with van der Waals surface area (Å²) in [6.45, 7) is 2.18. The van der Waals surface area contributed by atoms with Crippen LogP contribution in [0.25, 0.3) is 0 Å². The van der Waals surface area contributed by atoms with E-state index in [0.29, 0.717) is 23.0 Å². The standard InChI is InChI=1S/C13H15BrF2N2O2/c1-8-9(14)7-17-11(10(8)12(19)20)18-5-2-3-13(15,16)4-6-18/h7H,2-6H2,1H3,(H,19,20). The van der Waals surface area contributed by atoms with Crippen molar-refractivity contribution in [1.29, 1.82) is 0 Å². The molecule has 0 aromatic carbocycles. The van der Waals surface area contributed by atoms with E-state index in [0.717, 1.165) is 0 Å². The number of hydrogen-bond donors (Lipinski definition) is 1. The van der Waals surface area contributed by atoms with Gasteiger partial charge in [0.25, 0.3) is 0 Å². The van der Waals surface area contributed by atoms with Crippen molar-refractivity contribution >= 4 is 27.7 Å². The Morgan fingerprint density at radius 2 is 2.15 bits per heavy atom. The summed E-state index contributed by atoms with van der Waals surface area (Å²) in [5, 5.41) is 9.34. The summed E-state index contributed by atoms with van der Waals surface area (Å²) in [4.78, 5) is 17.2. The molecule has 1 fully saturated rings. The molecule has 1 saturated heterocycles. The van der Waals surface area contributed by atoms with Crippen molar-refractivity contribution < 1.29 is 18.7 Å². The number of pyridine rings is 1. The quantitative estimate of drug-likeness (QED) is 0.888. The molecule has 1 N–H and O–H groups in total. The summed E-state index contributed by atoms with van der Waals surface area (Å²) >= 11 is 3.24. The number of halogens is 3. The summed E-state index contributed by atoms with van der Waals surface area (Å²) in [5.41, 5.74) is 0.628. The number of aromatic carboxylic acids is 1. The van der Waals surface area contributed by atoms with Crippen LogP contribution in [0.15, 0.2) is 10.7 Å². The SMILES string of the molecule is Cc1c(Br)cnc(N2CCCC(F)(F)CC2)c1C(=O)O. The topological polar surface area (TPSA) is 53.4 Å². The van der Waals surface area contributed by atoms with Crippen LogP contribution in [0.5, 0.6) is 0 Å². The third kappa shape index (κ3) is 3.08. The van der Waals surface area contributed by atoms with Crippen molar-refractivity contribution in [1.82, 2.24) is 4.98 Å². The zero-order valence-corrected chi connectivity index (χ0v) is 12.6. The molecular formula is C13H15BrF2N2O2. The molecule has 1 aromatic rings. The van der Waals surface area contributed by atoms with Crippen LogP contribution in [0.1, 0.15) is 35.2 Å². The number of carboxylic acids is 1. The summed E-state index contributed by atoms with van der Waals surface area (Å²) in [6, 6.07) is 0. The van der Waals surface area contributed by atoms with Crippen LogP contribution >= 0.6 is 15.9 Å². The Morgan fingerprint density at radius 3 is 2.80 bits per heavy atom. The van der Waals surface area contributed by atoms with Crippen molar-refractivity contribution in [3.63, 3.8) is 0 Å². The van der Waals surface area contributed by atoms with Crippen molar-refractivity contribution in [3.8, 4) is 0 Å². The highest BCUT2D eigenvalue weighted by Gasteiger charge is 2.33. The molecule has 0 radical (unpaired) electrons. The Kier molecular flexibility index (Phi) is 4.27. The number of anilines is 1. The predicted molar refractivity (Wildman–Crippen MR) is 74.6 cm³/mol. The Hall–Kier alpha value is -1.24. The zero-order chi connectivity index (χ0) is 14.9. The monoisotopic (exact) mass is 348 g/mol. The molecule has 4 nitrogen and oxygen atoms in total. The van der Waals surface area contributed by atoms with Gasteiger partial charge >= 0.3 is 5.97 Å². The van der Waals surface area contributed by atoms with Gasteiger partial charge in [0.1, 0.15) is 11.4 Å². The van der Waals surface area contributed by atoms with Gasteiger partial charge in [0, 0.05) is 36.6 Å². The second kappa shape index (κ2) is 5.63. The van der Waals surface area contributed by atoms with E-state index in [2.05, 4.69) is 20.9 Å². The number of nitrogens with zero attached hydrogens (tertiary/aromatic N) is 2. The van der Waals surface area contributed by atoms with Crippen LogP contribution in [-0.4, -0.2) is 35.1 Å². The lowest BCUT2D eigenvalue weighted by atomic mass is 10.1. The molecule has 0 saturated carbocycles. The molecule has 0 amide bonds. The Bertz CT molecular complexity index is 537. The summed E-state index contributed by atoms with van der Waals surface area (Å²) < 4.78 is 27.4. The lowest BCUT2D eigenvalue weighted by molar-refractivity contribution is -0.0102. The fourth-order valence-electron chi connectivity index (χ4n) is 2.34. The van der Waals surface area contributed by atoms with Gasteiger partial charge < -0.3 is 10.0 Å². The summed E-state index contributed by atoms with van der Waals surface area (Å²) in [7, 11) is 0. The van der Waals surface area contributed by atoms with Gasteiger partial charge in [0.2, 0.25) is 5.92 Å². The van der Waals surface area contributed by atoms with Gasteiger partial charge in [0.15, 0.2) is 0 Å². The molecule has 7 heteroatoms. The van der Waals surface area contributed by atoms with Gasteiger partial charge in [-0.05, 0) is 34.8 Å². The van der Waals surface area contributed by atoms with E-state index in [4.69, 9.17) is 0 Å². The van der Waals surface area contributed by atoms with Crippen LogP contribution in [0, 0.1) is 6.92 Å². The van der Waals surface area contributed by atoms with Crippen molar-refractivity contribution in [2.24, 2.45) is 0 Å². The van der Waals surface area contributed by atoms with E-state index >= 15 is 0 Å². The van der Waals surface area contributed by atoms with Gasteiger partial charge in [-0.3, -0.25) is 0 Å². The van der Waals surface area contributed by atoms with Gasteiger partial charge in [-0.1, -0.05) is 0 Å². The molecule has 0 unspecified atom stereocenters. The number of carboxylic acid groups (broad SMARTS) is 1. The number of alkyl halides is 2. The first-order valence-electron chi connectivity index (χ1n) is 6.33. The summed E-state index contributed by atoms with van der Waals surface area (Å²) in [6.07, 6.45) is 1.40. The molecular weight excluding hydrogens is 334 g/mol. The van der Waals surface area contributed by atoms with Crippen LogP contribution in [-0.2, 0) is 0 Å². The van der Waals surface area contributed by atoms with Gasteiger partial charge in [-0.2, -0.15) is 0 Å². The molecule has 0 atom stereocenters. The molecule has 1 aliphatic heterocycles. The maximum absolute atomic E-state index is 13.4. The average Bonchev–Trinajstić information content (AvgIpc) is 2.53. The van der Waals surface area contributed by atoms with E-state index in [9.17, 15) is 18.7 Å². The Balaban J connectivity index is 2.38. The van der Waals surface area contributed by atoms with Crippen LogP contribution < -0.4 is 4.90 Å². The van der Waals surface area contributed by atoms with Crippen molar-refractivity contribution in [3.05, 3.63) is 21.8 Å². The molecule has 0 aliphatic carbocycles. The highest BCUT2D eigenvalue weighted by atomic mass is 79.9. The second-order valence-electron chi connectivity index (χ2n) is 4.93. The number of carbonyl (C=O) groups is 1. The smallest absolute Gasteiger partial charge is 0.339 e. The molecule has 2 rings (SSSR count). The normalized spacial score (nSPS) is 18.7. The van der Waals surface area contributed by atoms with E-state index < -0.39 is 11.9 Å². The molecule has 0 spiro atoms. The average molecular weight is 349 g/mol. The van der Waals surface area contributed by atoms with Gasteiger partial charge in [0.05, 0.1) is 0 Å². The minimum absolute atomic E-state index is 0.0737. The van der Waals surface area contributed by atoms with E-state index in [1.807, 2.05) is 0 Å². The fraction of sp³-hybridized carbons (Fsp3) is 0.538. The first-order chi connectivity index (χ1) is 9.32. The first kappa shape index (κ1) is 15.2. The molecule has 2 heterocycles. The lowest BCUT2D eigenvalue weighted by Gasteiger charge is -2.24. The largest absolute Gasteiger partial charge is 0.478 e. The van der Waals surface area contributed by atoms with E-state index in [1.165, 1.54) is 6.20 Å². The zero-order valence-electron chi connectivity index (χ0n) is 11.0. The van der Waals surface area contributed by atoms with E-state index in [1.54, 1.807) is 11.8 Å². The molecule has 1 aliphatic rings. The lowest BCUT2D eigenvalue weighted by Crippen LogP contribution is -2.28. The van der Waals surface area contributed by atoms with E-state index in [-0.39, 0.29) is 30.8 Å². The number of rotatable bonds is 2. The highest BCUT2D eigenvalue weighted by molar-refractivity contribution is 9.10. The summed E-state index contributed by atoms with van der Waals surface area (Å²) in [5.74, 6) is -3.50. The maximum Gasteiger partial charge on any atom is 0.339 e. The molecule has 1 aromatic heterocycles. The molecule has 110 valence electrons. The number of aromatic nitrogens is 1. The molecule has 0 bridgehead atoms. The van der Waals surface area contributed by atoms with Crippen LogP contribution in [0.3, 0.4) is 0 Å². The third-order valence-electron chi connectivity index (χ3n) is 3.49. The van der Waals surface area contributed by atoms with Crippen LogP contribution in [0.4, 0.5) is 14.6 Å². The predicted octanol–water partition coefficient (Wildman–Crippen LogP) is 3.48. The number of hydrogen-bond acceptors (Lipinski definition) is 3. The van der Waals surface area contributed by atoms with Crippen LogP contribution in [0.2, 0.25) is 0 Å². The molecule has 20 heavy (non-hydrogen) atoms. The minimum atomic E-state index is -2.68. The minimum Gasteiger partial charge on any atom is -0.478 e. The first-order valence-corrected chi connectivity index (χ1v) is 7.12. The van der Waals surface area contributed by atoms with Gasteiger partial charge in [-0.25, -0.2) is 18.6 Å². The maximum atomic E-state index is 13.4. The Labute approximate surface area is 123 Å².